The van der Waals surface area contributed by atoms with E-state index in [9.17, 15) is 4.39 Å². The number of rotatable bonds is 6. The highest BCUT2D eigenvalue weighted by molar-refractivity contribution is 5.92. The highest BCUT2D eigenvalue weighted by Crippen LogP contribution is 2.36. The van der Waals surface area contributed by atoms with Crippen LogP contribution in [0.2, 0.25) is 0 Å². The van der Waals surface area contributed by atoms with Crippen molar-refractivity contribution in [3.63, 3.8) is 0 Å². The molecule has 0 saturated carbocycles. The third-order valence-electron chi connectivity index (χ3n) is 6.20. The summed E-state index contributed by atoms with van der Waals surface area (Å²) in [6, 6.07) is 20.8. The molecule has 1 aromatic heterocycles. The van der Waals surface area contributed by atoms with Gasteiger partial charge >= 0.3 is 0 Å². The quantitative estimate of drug-likeness (QED) is 0.417. The molecular formula is C27H27FN4O2. The number of fused-ring (bicyclic) bond motifs is 1. The van der Waals surface area contributed by atoms with Gasteiger partial charge in [0.25, 0.3) is 0 Å². The lowest BCUT2D eigenvalue weighted by Gasteiger charge is -2.37. The molecule has 6 nitrogen and oxygen atoms in total. The van der Waals surface area contributed by atoms with Gasteiger partial charge in [0.15, 0.2) is 11.5 Å². The number of halogens is 1. The van der Waals surface area contributed by atoms with Gasteiger partial charge < -0.3 is 19.3 Å². The van der Waals surface area contributed by atoms with Gasteiger partial charge in [0, 0.05) is 49.7 Å². The molecule has 4 aromatic rings. The van der Waals surface area contributed by atoms with Crippen LogP contribution in [0, 0.1) is 5.82 Å². The molecule has 1 fully saturated rings. The van der Waals surface area contributed by atoms with E-state index in [2.05, 4.69) is 21.9 Å². The van der Waals surface area contributed by atoms with Crippen LogP contribution in [0.1, 0.15) is 11.4 Å². The molecule has 0 N–H and O–H groups in total. The molecule has 1 saturated heterocycles. The monoisotopic (exact) mass is 458 g/mol. The molecule has 0 spiro atoms. The molecule has 7 heteroatoms. The van der Waals surface area contributed by atoms with Gasteiger partial charge in [0.1, 0.15) is 17.5 Å². The Morgan fingerprint density at radius 2 is 1.44 bits per heavy atom. The van der Waals surface area contributed by atoms with Crippen LogP contribution in [0.4, 0.5) is 15.9 Å². The van der Waals surface area contributed by atoms with Gasteiger partial charge in [-0.2, -0.15) is 0 Å². The van der Waals surface area contributed by atoms with E-state index in [0.717, 1.165) is 60.0 Å². The lowest BCUT2D eigenvalue weighted by molar-refractivity contribution is 0.355. The van der Waals surface area contributed by atoms with Crippen LogP contribution in [0.5, 0.6) is 11.5 Å². The largest absolute Gasteiger partial charge is 0.493 e. The van der Waals surface area contributed by atoms with Crippen molar-refractivity contribution in [2.24, 2.45) is 0 Å². The van der Waals surface area contributed by atoms with Crippen LogP contribution in [0.3, 0.4) is 0 Å². The van der Waals surface area contributed by atoms with Crippen LogP contribution in [0.25, 0.3) is 10.9 Å². The zero-order valence-electron chi connectivity index (χ0n) is 19.4. The number of anilines is 2. The maximum absolute atomic E-state index is 13.3. The van der Waals surface area contributed by atoms with E-state index < -0.39 is 0 Å². The molecule has 0 aliphatic carbocycles. The Hall–Kier alpha value is -3.87. The van der Waals surface area contributed by atoms with Crippen LogP contribution >= 0.6 is 0 Å². The minimum Gasteiger partial charge on any atom is -0.493 e. The maximum Gasteiger partial charge on any atom is 0.162 e. The normalized spacial score (nSPS) is 13.9. The van der Waals surface area contributed by atoms with Crippen LogP contribution in [-0.4, -0.2) is 50.4 Å². The van der Waals surface area contributed by atoms with E-state index in [1.54, 1.807) is 14.2 Å². The number of ether oxygens (including phenoxy) is 2. The number of benzene rings is 3. The minimum atomic E-state index is -0.217. The lowest BCUT2D eigenvalue weighted by Crippen LogP contribution is -2.47. The summed E-state index contributed by atoms with van der Waals surface area (Å²) in [5, 5.41) is 0.935. The molecule has 0 bridgehead atoms. The van der Waals surface area contributed by atoms with Crippen molar-refractivity contribution in [2.45, 2.75) is 6.42 Å². The second kappa shape index (κ2) is 9.55. The summed E-state index contributed by atoms with van der Waals surface area (Å²) in [5.41, 5.74) is 3.02. The molecule has 0 radical (unpaired) electrons. The summed E-state index contributed by atoms with van der Waals surface area (Å²) in [6.07, 6.45) is 0.646. The van der Waals surface area contributed by atoms with Crippen molar-refractivity contribution in [2.75, 3.05) is 50.2 Å². The summed E-state index contributed by atoms with van der Waals surface area (Å²) in [5.74, 6) is 2.75. The zero-order chi connectivity index (χ0) is 23.5. The van der Waals surface area contributed by atoms with Crippen molar-refractivity contribution in [1.29, 1.82) is 0 Å². The van der Waals surface area contributed by atoms with E-state index in [1.807, 2.05) is 42.5 Å². The second-order valence-corrected chi connectivity index (χ2v) is 8.30. The van der Waals surface area contributed by atoms with E-state index in [1.165, 1.54) is 12.1 Å². The molecule has 0 unspecified atom stereocenters. The number of hydrogen-bond acceptors (Lipinski definition) is 6. The third-order valence-corrected chi connectivity index (χ3v) is 6.20. The van der Waals surface area contributed by atoms with Gasteiger partial charge in [-0.05, 0) is 35.9 Å². The fourth-order valence-electron chi connectivity index (χ4n) is 4.41. The predicted octanol–water partition coefficient (Wildman–Crippen LogP) is 4.70. The van der Waals surface area contributed by atoms with Crippen molar-refractivity contribution in [3.05, 3.63) is 83.9 Å². The molecule has 34 heavy (non-hydrogen) atoms. The maximum atomic E-state index is 13.3. The number of methoxy groups -OCH3 is 2. The van der Waals surface area contributed by atoms with E-state index in [0.29, 0.717) is 17.9 Å². The average Bonchev–Trinajstić information content (AvgIpc) is 2.88. The van der Waals surface area contributed by atoms with Crippen LogP contribution in [0.15, 0.2) is 66.7 Å². The smallest absolute Gasteiger partial charge is 0.162 e. The van der Waals surface area contributed by atoms with E-state index in [-0.39, 0.29) is 5.82 Å². The standard InChI is InChI=1S/C27H27FN4O2/c1-33-24-17-22-23(18-25(24)34-2)29-26(16-19-6-4-3-5-7-19)30-27(22)32-14-12-31(13-15-32)21-10-8-20(28)9-11-21/h3-11,17-18H,12-16H2,1-2H3. The van der Waals surface area contributed by atoms with Crippen molar-refractivity contribution < 1.29 is 13.9 Å². The minimum absolute atomic E-state index is 0.217. The molecule has 174 valence electrons. The van der Waals surface area contributed by atoms with Gasteiger partial charge in [-0.25, -0.2) is 14.4 Å². The molecule has 0 amide bonds. The number of nitrogens with zero attached hydrogens (tertiary/aromatic N) is 4. The fraction of sp³-hybridized carbons (Fsp3) is 0.259. The molecule has 0 atom stereocenters. The fourth-order valence-corrected chi connectivity index (χ4v) is 4.41. The summed E-state index contributed by atoms with van der Waals surface area (Å²) in [6.45, 7) is 3.22. The third kappa shape index (κ3) is 4.46. The summed E-state index contributed by atoms with van der Waals surface area (Å²) in [4.78, 5) is 14.4. The van der Waals surface area contributed by atoms with Crippen LogP contribution < -0.4 is 19.3 Å². The Morgan fingerprint density at radius 1 is 0.794 bits per heavy atom. The molecule has 1 aliphatic rings. The number of hydrogen-bond donors (Lipinski definition) is 0. The van der Waals surface area contributed by atoms with Gasteiger partial charge in [0.05, 0.1) is 19.7 Å². The van der Waals surface area contributed by atoms with Gasteiger partial charge in [-0.3, -0.25) is 0 Å². The topological polar surface area (TPSA) is 50.7 Å². The molecule has 5 rings (SSSR count). The first-order chi connectivity index (χ1) is 16.6. The Kier molecular flexibility index (Phi) is 6.16. The SMILES string of the molecule is COc1cc2nc(Cc3ccccc3)nc(N3CCN(c4ccc(F)cc4)CC3)c2cc1OC. The Labute approximate surface area is 198 Å². The Balaban J connectivity index is 1.49. The zero-order valence-corrected chi connectivity index (χ0v) is 19.4. The Morgan fingerprint density at radius 3 is 2.12 bits per heavy atom. The van der Waals surface area contributed by atoms with Crippen LogP contribution in [-0.2, 0) is 6.42 Å². The highest BCUT2D eigenvalue weighted by atomic mass is 19.1. The number of aromatic nitrogens is 2. The Bertz CT molecular complexity index is 1270. The first kappa shape index (κ1) is 21.9. The summed E-state index contributed by atoms with van der Waals surface area (Å²) < 4.78 is 24.4. The van der Waals surface area contributed by atoms with E-state index in [4.69, 9.17) is 19.4 Å². The molecule has 1 aliphatic heterocycles. The molecule has 3 aromatic carbocycles. The average molecular weight is 459 g/mol. The molecule has 2 heterocycles. The van der Waals surface area contributed by atoms with Gasteiger partial charge in [-0.1, -0.05) is 30.3 Å². The van der Waals surface area contributed by atoms with Crippen molar-refractivity contribution >= 4 is 22.4 Å². The summed E-state index contributed by atoms with van der Waals surface area (Å²) >= 11 is 0. The van der Waals surface area contributed by atoms with Gasteiger partial charge in [-0.15, -0.1) is 0 Å². The van der Waals surface area contributed by atoms with E-state index >= 15 is 0 Å². The van der Waals surface area contributed by atoms with Crippen molar-refractivity contribution in [1.82, 2.24) is 9.97 Å². The highest BCUT2D eigenvalue weighted by Gasteiger charge is 2.22. The molecular weight excluding hydrogens is 431 g/mol. The second-order valence-electron chi connectivity index (χ2n) is 8.30. The first-order valence-electron chi connectivity index (χ1n) is 11.4. The van der Waals surface area contributed by atoms with Crippen molar-refractivity contribution in [3.8, 4) is 11.5 Å². The first-order valence-corrected chi connectivity index (χ1v) is 11.4. The number of piperazine rings is 1. The van der Waals surface area contributed by atoms with Gasteiger partial charge in [0.2, 0.25) is 0 Å². The summed E-state index contributed by atoms with van der Waals surface area (Å²) in [7, 11) is 3.26. The predicted molar refractivity (Wildman–Crippen MR) is 133 cm³/mol. The lowest BCUT2D eigenvalue weighted by atomic mass is 10.1.